The molecule has 1 aromatic heterocycles. The second-order valence-electron chi connectivity index (χ2n) is 4.68. The summed E-state index contributed by atoms with van der Waals surface area (Å²) in [7, 11) is 0. The normalized spacial score (nSPS) is 13.6. The Labute approximate surface area is 118 Å². The summed E-state index contributed by atoms with van der Waals surface area (Å²) < 4.78 is 24.4. The lowest BCUT2D eigenvalue weighted by atomic mass is 10.2. The second kappa shape index (κ2) is 4.34. The first-order valence-electron chi connectivity index (χ1n) is 6.43. The lowest BCUT2D eigenvalue weighted by Gasteiger charge is -2.18. The monoisotopic (exact) mass is 286 g/mol. The summed E-state index contributed by atoms with van der Waals surface area (Å²) >= 11 is 0. The summed E-state index contributed by atoms with van der Waals surface area (Å²) in [6.45, 7) is 1.04. The SMILES string of the molecule is Nc1cc2nn(-c3ccc4c(c3)OCCO4)nc2cc1F. The molecule has 0 aliphatic carbocycles. The van der Waals surface area contributed by atoms with Crippen LogP contribution in [0.15, 0.2) is 30.3 Å². The van der Waals surface area contributed by atoms with E-state index in [1.54, 1.807) is 12.1 Å². The minimum Gasteiger partial charge on any atom is -0.486 e. The molecule has 2 aromatic carbocycles. The molecule has 0 spiro atoms. The van der Waals surface area contributed by atoms with E-state index in [2.05, 4.69) is 10.2 Å². The molecule has 0 amide bonds. The smallest absolute Gasteiger partial charge is 0.163 e. The van der Waals surface area contributed by atoms with Crippen LogP contribution in [-0.4, -0.2) is 28.2 Å². The van der Waals surface area contributed by atoms with E-state index < -0.39 is 5.82 Å². The number of aromatic nitrogens is 3. The van der Waals surface area contributed by atoms with Gasteiger partial charge in [-0.1, -0.05) is 0 Å². The van der Waals surface area contributed by atoms with Crippen molar-refractivity contribution in [3.8, 4) is 17.2 Å². The van der Waals surface area contributed by atoms with Gasteiger partial charge in [0.2, 0.25) is 0 Å². The van der Waals surface area contributed by atoms with Gasteiger partial charge in [-0.15, -0.1) is 10.2 Å². The molecule has 0 saturated heterocycles. The summed E-state index contributed by atoms with van der Waals surface area (Å²) in [5, 5.41) is 8.54. The fourth-order valence-corrected chi connectivity index (χ4v) is 2.23. The van der Waals surface area contributed by atoms with Gasteiger partial charge in [0.1, 0.15) is 30.1 Å². The fraction of sp³-hybridized carbons (Fsp3) is 0.143. The first-order valence-corrected chi connectivity index (χ1v) is 6.43. The average Bonchev–Trinajstić information content (AvgIpc) is 2.90. The molecule has 1 aliphatic rings. The fourth-order valence-electron chi connectivity index (χ4n) is 2.23. The molecule has 0 unspecified atom stereocenters. The maximum absolute atomic E-state index is 13.4. The molecule has 0 bridgehead atoms. The molecule has 2 N–H and O–H groups in total. The molecule has 4 rings (SSSR count). The van der Waals surface area contributed by atoms with Crippen molar-refractivity contribution in [3.05, 3.63) is 36.1 Å². The Bertz CT molecular complexity index is 807. The molecule has 0 fully saturated rings. The van der Waals surface area contributed by atoms with E-state index in [-0.39, 0.29) is 5.69 Å². The number of hydrogen-bond donors (Lipinski definition) is 1. The summed E-state index contributed by atoms with van der Waals surface area (Å²) in [6, 6.07) is 8.13. The number of nitrogens with zero attached hydrogens (tertiary/aromatic N) is 3. The molecule has 0 atom stereocenters. The van der Waals surface area contributed by atoms with Crippen molar-refractivity contribution in [1.82, 2.24) is 15.0 Å². The number of nitrogen functional groups attached to an aromatic ring is 1. The highest BCUT2D eigenvalue weighted by Gasteiger charge is 2.14. The highest BCUT2D eigenvalue weighted by Crippen LogP contribution is 2.32. The Morgan fingerprint density at radius 1 is 1.00 bits per heavy atom. The van der Waals surface area contributed by atoms with E-state index in [0.29, 0.717) is 41.4 Å². The van der Waals surface area contributed by atoms with E-state index in [4.69, 9.17) is 15.2 Å². The minimum atomic E-state index is -0.503. The van der Waals surface area contributed by atoms with Gasteiger partial charge in [0.05, 0.1) is 11.4 Å². The Morgan fingerprint density at radius 2 is 1.71 bits per heavy atom. The second-order valence-corrected chi connectivity index (χ2v) is 4.68. The summed E-state index contributed by atoms with van der Waals surface area (Å²) in [4.78, 5) is 1.42. The summed E-state index contributed by atoms with van der Waals surface area (Å²) in [5.41, 5.74) is 7.26. The highest BCUT2D eigenvalue weighted by atomic mass is 19.1. The van der Waals surface area contributed by atoms with Crippen molar-refractivity contribution < 1.29 is 13.9 Å². The van der Waals surface area contributed by atoms with Gasteiger partial charge < -0.3 is 15.2 Å². The number of benzene rings is 2. The lowest BCUT2D eigenvalue weighted by Crippen LogP contribution is -2.15. The predicted molar refractivity (Wildman–Crippen MR) is 74.2 cm³/mol. The lowest BCUT2D eigenvalue weighted by molar-refractivity contribution is 0.171. The maximum atomic E-state index is 13.4. The molecule has 6 nitrogen and oxygen atoms in total. The molecular weight excluding hydrogens is 275 g/mol. The molecule has 3 aromatic rings. The first-order chi connectivity index (χ1) is 10.2. The average molecular weight is 286 g/mol. The largest absolute Gasteiger partial charge is 0.486 e. The van der Waals surface area contributed by atoms with Crippen molar-refractivity contribution >= 4 is 16.7 Å². The van der Waals surface area contributed by atoms with Crippen molar-refractivity contribution in [3.63, 3.8) is 0 Å². The van der Waals surface area contributed by atoms with Crippen LogP contribution in [0.1, 0.15) is 0 Å². The van der Waals surface area contributed by atoms with Crippen LogP contribution in [0, 0.1) is 5.82 Å². The number of ether oxygens (including phenoxy) is 2. The third-order valence-electron chi connectivity index (χ3n) is 3.26. The third-order valence-corrected chi connectivity index (χ3v) is 3.26. The Balaban J connectivity index is 1.82. The van der Waals surface area contributed by atoms with Crippen molar-refractivity contribution in [2.75, 3.05) is 18.9 Å². The number of anilines is 1. The highest BCUT2D eigenvalue weighted by molar-refractivity contribution is 5.78. The number of rotatable bonds is 1. The molecule has 1 aliphatic heterocycles. The third kappa shape index (κ3) is 1.94. The molecule has 106 valence electrons. The quantitative estimate of drug-likeness (QED) is 0.692. The maximum Gasteiger partial charge on any atom is 0.163 e. The molecule has 2 heterocycles. The summed E-state index contributed by atoms with van der Waals surface area (Å²) in [6.07, 6.45) is 0. The van der Waals surface area contributed by atoms with Crippen LogP contribution >= 0.6 is 0 Å². The number of fused-ring (bicyclic) bond motifs is 2. The van der Waals surface area contributed by atoms with E-state index in [1.807, 2.05) is 6.07 Å². The van der Waals surface area contributed by atoms with Gasteiger partial charge in [-0.3, -0.25) is 0 Å². The van der Waals surface area contributed by atoms with E-state index in [9.17, 15) is 4.39 Å². The number of hydrogen-bond acceptors (Lipinski definition) is 5. The Kier molecular flexibility index (Phi) is 2.47. The van der Waals surface area contributed by atoms with Crippen LogP contribution in [0.25, 0.3) is 16.7 Å². The van der Waals surface area contributed by atoms with Crippen LogP contribution in [0.2, 0.25) is 0 Å². The minimum absolute atomic E-state index is 0.0525. The van der Waals surface area contributed by atoms with Crippen LogP contribution in [0.5, 0.6) is 11.5 Å². The standard InChI is InChI=1S/C14H11FN4O2/c15-9-6-11-12(7-10(9)16)18-19(17-11)8-1-2-13-14(5-8)21-4-3-20-13/h1-2,5-7H,3-4,16H2. The summed E-state index contributed by atoms with van der Waals surface area (Å²) in [5.74, 6) is 0.833. The molecule has 7 heteroatoms. The van der Waals surface area contributed by atoms with Gasteiger partial charge in [-0.2, -0.15) is 4.80 Å². The van der Waals surface area contributed by atoms with Gasteiger partial charge >= 0.3 is 0 Å². The van der Waals surface area contributed by atoms with Crippen molar-refractivity contribution in [1.29, 1.82) is 0 Å². The van der Waals surface area contributed by atoms with Crippen LogP contribution in [0.4, 0.5) is 10.1 Å². The van der Waals surface area contributed by atoms with Gasteiger partial charge in [0, 0.05) is 12.1 Å². The van der Waals surface area contributed by atoms with Crippen LogP contribution in [0.3, 0.4) is 0 Å². The van der Waals surface area contributed by atoms with Crippen molar-refractivity contribution in [2.45, 2.75) is 0 Å². The van der Waals surface area contributed by atoms with Crippen molar-refractivity contribution in [2.24, 2.45) is 0 Å². The zero-order valence-electron chi connectivity index (χ0n) is 10.9. The Hall–Kier alpha value is -2.83. The van der Waals surface area contributed by atoms with Gasteiger partial charge in [0.25, 0.3) is 0 Å². The van der Waals surface area contributed by atoms with Crippen LogP contribution < -0.4 is 15.2 Å². The topological polar surface area (TPSA) is 75.2 Å². The number of halogens is 1. The van der Waals surface area contributed by atoms with E-state index in [1.165, 1.54) is 16.9 Å². The van der Waals surface area contributed by atoms with E-state index in [0.717, 1.165) is 0 Å². The van der Waals surface area contributed by atoms with Gasteiger partial charge in [0.15, 0.2) is 11.5 Å². The van der Waals surface area contributed by atoms with E-state index >= 15 is 0 Å². The zero-order chi connectivity index (χ0) is 14.4. The molecule has 21 heavy (non-hydrogen) atoms. The zero-order valence-corrected chi connectivity index (χ0v) is 10.9. The first kappa shape index (κ1) is 12.0. The number of nitrogens with two attached hydrogens (primary N) is 1. The van der Waals surface area contributed by atoms with Crippen LogP contribution in [-0.2, 0) is 0 Å². The van der Waals surface area contributed by atoms with Gasteiger partial charge in [-0.05, 0) is 18.2 Å². The molecule has 0 radical (unpaired) electrons. The molecule has 0 saturated carbocycles. The Morgan fingerprint density at radius 3 is 2.52 bits per heavy atom. The predicted octanol–water partition coefficient (Wildman–Crippen LogP) is 1.91. The molecular formula is C14H11FN4O2. The van der Waals surface area contributed by atoms with Gasteiger partial charge in [-0.25, -0.2) is 4.39 Å².